The zero-order valence-electron chi connectivity index (χ0n) is 11.8. The van der Waals surface area contributed by atoms with E-state index >= 15 is 0 Å². The summed E-state index contributed by atoms with van der Waals surface area (Å²) in [6.45, 7) is 1.75. The van der Waals surface area contributed by atoms with Crippen LogP contribution in [0, 0.1) is 5.92 Å². The van der Waals surface area contributed by atoms with Crippen LogP contribution in [0.3, 0.4) is 0 Å². The first-order chi connectivity index (χ1) is 9.70. The molecule has 0 aliphatic carbocycles. The van der Waals surface area contributed by atoms with Crippen molar-refractivity contribution >= 4 is 21.8 Å². The van der Waals surface area contributed by atoms with Gasteiger partial charge in [0.15, 0.2) is 9.84 Å². The van der Waals surface area contributed by atoms with Crippen LogP contribution in [0.15, 0.2) is 29.2 Å². The summed E-state index contributed by atoms with van der Waals surface area (Å²) in [7, 11) is -3.23. The summed E-state index contributed by atoms with van der Waals surface area (Å²) in [4.78, 5) is 22.3. The second-order valence-corrected chi connectivity index (χ2v) is 6.73. The second kappa shape index (κ2) is 7.07. The molecule has 2 amide bonds. The minimum absolute atomic E-state index is 0.0359. The molecule has 1 rings (SSSR count). The fourth-order valence-corrected chi connectivity index (χ4v) is 2.06. The molecule has 3 N–H and O–H groups in total. The van der Waals surface area contributed by atoms with E-state index in [2.05, 4.69) is 10.6 Å². The topological polar surface area (TPSA) is 113 Å². The van der Waals surface area contributed by atoms with E-state index in [0.717, 1.165) is 11.8 Å². The normalized spacial score (nSPS) is 12.5. The number of amides is 2. The highest BCUT2D eigenvalue weighted by Gasteiger charge is 2.12. The molecule has 7 nitrogen and oxygen atoms in total. The molecule has 0 aromatic heterocycles. The highest BCUT2D eigenvalue weighted by molar-refractivity contribution is 7.90. The molecule has 1 aromatic carbocycles. The van der Waals surface area contributed by atoms with Crippen LogP contribution >= 0.6 is 0 Å². The first kappa shape index (κ1) is 17.0. The first-order valence-electron chi connectivity index (χ1n) is 6.23. The number of carboxylic acid groups (broad SMARTS) is 1. The van der Waals surface area contributed by atoms with Gasteiger partial charge in [0, 0.05) is 19.3 Å². The first-order valence-corrected chi connectivity index (χ1v) is 8.13. The zero-order chi connectivity index (χ0) is 16.0. The third kappa shape index (κ3) is 5.82. The Bertz CT molecular complexity index is 610. The molecule has 0 fully saturated rings. The number of nitrogens with one attached hydrogen (secondary N) is 2. The van der Waals surface area contributed by atoms with Gasteiger partial charge in [-0.1, -0.05) is 19.1 Å². The molecule has 0 radical (unpaired) electrons. The maximum atomic E-state index is 11.5. The lowest BCUT2D eigenvalue weighted by molar-refractivity contribution is -0.140. The number of hydrogen-bond donors (Lipinski definition) is 3. The molecular weight excluding hydrogens is 296 g/mol. The van der Waals surface area contributed by atoms with Gasteiger partial charge in [-0.2, -0.15) is 0 Å². The number of aliphatic carboxylic acids is 1. The van der Waals surface area contributed by atoms with E-state index in [1.165, 1.54) is 19.1 Å². The van der Waals surface area contributed by atoms with Gasteiger partial charge < -0.3 is 15.7 Å². The predicted molar refractivity (Wildman–Crippen MR) is 76.6 cm³/mol. The Morgan fingerprint density at radius 1 is 1.19 bits per heavy atom. The van der Waals surface area contributed by atoms with Gasteiger partial charge in [0.1, 0.15) is 0 Å². The van der Waals surface area contributed by atoms with Crippen molar-refractivity contribution in [2.75, 3.05) is 12.8 Å². The van der Waals surface area contributed by atoms with Crippen molar-refractivity contribution in [3.8, 4) is 0 Å². The lowest BCUT2D eigenvalue weighted by atomic mass is 10.2. The average molecular weight is 314 g/mol. The fraction of sp³-hybridized carbons (Fsp3) is 0.385. The third-order valence-corrected chi connectivity index (χ3v) is 3.92. The smallest absolute Gasteiger partial charge is 0.315 e. The van der Waals surface area contributed by atoms with Crippen LogP contribution < -0.4 is 10.6 Å². The quantitative estimate of drug-likeness (QED) is 0.712. The molecule has 1 atom stereocenters. The summed E-state index contributed by atoms with van der Waals surface area (Å²) in [5.74, 6) is -1.64. The largest absolute Gasteiger partial charge is 0.481 e. The molecule has 116 valence electrons. The van der Waals surface area contributed by atoms with Gasteiger partial charge in [0.2, 0.25) is 0 Å². The minimum Gasteiger partial charge on any atom is -0.481 e. The van der Waals surface area contributed by atoms with Crippen LogP contribution in [0.2, 0.25) is 0 Å². The number of carbonyl (C=O) groups excluding carboxylic acids is 1. The molecule has 0 saturated carbocycles. The number of urea groups is 1. The van der Waals surface area contributed by atoms with E-state index in [0.29, 0.717) is 0 Å². The molecule has 0 spiro atoms. The second-order valence-electron chi connectivity index (χ2n) is 4.72. The minimum atomic E-state index is -3.23. The van der Waals surface area contributed by atoms with Crippen LogP contribution in [0.5, 0.6) is 0 Å². The monoisotopic (exact) mass is 314 g/mol. The van der Waals surface area contributed by atoms with E-state index in [9.17, 15) is 18.0 Å². The molecular formula is C13H18N2O5S. The van der Waals surface area contributed by atoms with Crippen molar-refractivity contribution < 1.29 is 23.1 Å². The summed E-state index contributed by atoms with van der Waals surface area (Å²) < 4.78 is 22.6. The molecule has 0 heterocycles. The molecule has 0 aliphatic heterocycles. The number of rotatable bonds is 6. The standard InChI is InChI=1S/C13H18N2O5S/c1-9(12(16)17)7-14-13(18)15-8-10-3-5-11(6-4-10)21(2,19)20/h3-6,9H,7-8H2,1-2H3,(H,16,17)(H2,14,15,18). The molecule has 0 saturated heterocycles. The number of hydrogen-bond acceptors (Lipinski definition) is 4. The van der Waals surface area contributed by atoms with Gasteiger partial charge in [-0.15, -0.1) is 0 Å². The highest BCUT2D eigenvalue weighted by atomic mass is 32.2. The highest BCUT2D eigenvalue weighted by Crippen LogP contribution is 2.10. The van der Waals surface area contributed by atoms with Gasteiger partial charge >= 0.3 is 12.0 Å². The van der Waals surface area contributed by atoms with Crippen molar-refractivity contribution in [1.82, 2.24) is 10.6 Å². The van der Waals surface area contributed by atoms with Gasteiger partial charge in [-0.3, -0.25) is 4.79 Å². The lowest BCUT2D eigenvalue weighted by Gasteiger charge is -2.10. The number of carbonyl (C=O) groups is 2. The number of sulfone groups is 1. The Labute approximate surface area is 123 Å². The van der Waals surface area contributed by atoms with Crippen molar-refractivity contribution in [1.29, 1.82) is 0 Å². The summed E-state index contributed by atoms with van der Waals surface area (Å²) >= 11 is 0. The number of benzene rings is 1. The van der Waals surface area contributed by atoms with Gasteiger partial charge in [0.05, 0.1) is 10.8 Å². The van der Waals surface area contributed by atoms with Crippen LogP contribution in [0.1, 0.15) is 12.5 Å². The Morgan fingerprint density at radius 3 is 2.24 bits per heavy atom. The number of carboxylic acids is 1. The maximum absolute atomic E-state index is 11.5. The van der Waals surface area contributed by atoms with E-state index in [1.54, 1.807) is 12.1 Å². The van der Waals surface area contributed by atoms with Crippen LogP contribution in [0.4, 0.5) is 4.79 Å². The summed E-state index contributed by atoms with van der Waals surface area (Å²) in [5.41, 5.74) is 0.740. The summed E-state index contributed by atoms with van der Waals surface area (Å²) in [6.07, 6.45) is 1.12. The molecule has 1 unspecified atom stereocenters. The molecule has 8 heteroatoms. The fourth-order valence-electron chi connectivity index (χ4n) is 1.43. The molecule has 21 heavy (non-hydrogen) atoms. The third-order valence-electron chi connectivity index (χ3n) is 2.79. The lowest BCUT2D eigenvalue weighted by Crippen LogP contribution is -2.38. The van der Waals surface area contributed by atoms with Crippen molar-refractivity contribution in [2.24, 2.45) is 5.92 Å². The Kier molecular flexibility index (Phi) is 5.71. The van der Waals surface area contributed by atoms with Crippen LogP contribution in [-0.4, -0.2) is 38.3 Å². The maximum Gasteiger partial charge on any atom is 0.315 e. The van der Waals surface area contributed by atoms with Gasteiger partial charge in [-0.05, 0) is 17.7 Å². The summed E-state index contributed by atoms with van der Waals surface area (Å²) in [5, 5.41) is 13.7. The van der Waals surface area contributed by atoms with E-state index in [-0.39, 0.29) is 18.0 Å². The molecule has 1 aromatic rings. The van der Waals surface area contributed by atoms with Crippen molar-refractivity contribution in [2.45, 2.75) is 18.4 Å². The Balaban J connectivity index is 2.45. The van der Waals surface area contributed by atoms with Crippen LogP contribution in [-0.2, 0) is 21.2 Å². The Hall–Kier alpha value is -2.09. The molecule has 0 aliphatic rings. The van der Waals surface area contributed by atoms with Crippen molar-refractivity contribution in [3.63, 3.8) is 0 Å². The molecule has 0 bridgehead atoms. The predicted octanol–water partition coefficient (Wildman–Crippen LogP) is 0.610. The van der Waals surface area contributed by atoms with E-state index in [1.807, 2.05) is 0 Å². The van der Waals surface area contributed by atoms with E-state index < -0.39 is 27.8 Å². The van der Waals surface area contributed by atoms with Gasteiger partial charge in [0.25, 0.3) is 0 Å². The van der Waals surface area contributed by atoms with Crippen molar-refractivity contribution in [3.05, 3.63) is 29.8 Å². The average Bonchev–Trinajstić information content (AvgIpc) is 2.41. The van der Waals surface area contributed by atoms with E-state index in [4.69, 9.17) is 5.11 Å². The summed E-state index contributed by atoms with van der Waals surface area (Å²) in [6, 6.07) is 5.68. The van der Waals surface area contributed by atoms with Gasteiger partial charge in [-0.25, -0.2) is 13.2 Å². The van der Waals surface area contributed by atoms with Crippen LogP contribution in [0.25, 0.3) is 0 Å². The SMILES string of the molecule is CC(CNC(=O)NCc1ccc(S(C)(=O)=O)cc1)C(=O)O. The zero-order valence-corrected chi connectivity index (χ0v) is 12.6. The Morgan fingerprint density at radius 2 is 1.76 bits per heavy atom.